The maximum Gasteiger partial charge on any atom is 0.416 e. The normalized spacial score (nSPS) is 16.7. The number of ether oxygens (including phenoxy) is 2. The molecule has 0 radical (unpaired) electrons. The first kappa shape index (κ1) is 23.2. The van der Waals surface area contributed by atoms with Crippen molar-refractivity contribution < 1.29 is 32.0 Å². The lowest BCUT2D eigenvalue weighted by atomic mass is 10.1. The van der Waals surface area contributed by atoms with Gasteiger partial charge in [0.2, 0.25) is 0 Å². The molecule has 1 fully saturated rings. The molecule has 4 rings (SSSR count). The minimum atomic E-state index is -4.38. The number of aromatic nitrogens is 1. The first-order valence-electron chi connectivity index (χ1n) is 10.1. The molecule has 6 nitrogen and oxygen atoms in total. The molecule has 0 amide bonds. The number of rotatable bonds is 7. The molecule has 1 aliphatic rings. The average molecular weight is 478 g/mol. The zero-order valence-corrected chi connectivity index (χ0v) is 18.5. The van der Waals surface area contributed by atoms with Gasteiger partial charge in [-0.25, -0.2) is 0 Å². The summed E-state index contributed by atoms with van der Waals surface area (Å²) in [6.45, 7) is 0.756. The second-order valence-corrected chi connectivity index (χ2v) is 8.47. The SMILES string of the molecule is COC(=O)C1CSCN1Cc1ccc(OCc2cc(-c3ccc(C(F)(F)F)cc3)no2)cc1. The Labute approximate surface area is 192 Å². The van der Waals surface area contributed by atoms with E-state index in [1.807, 2.05) is 24.3 Å². The number of benzene rings is 2. The van der Waals surface area contributed by atoms with Gasteiger partial charge in [-0.15, -0.1) is 11.8 Å². The van der Waals surface area contributed by atoms with E-state index in [4.69, 9.17) is 14.0 Å². The van der Waals surface area contributed by atoms with Gasteiger partial charge in [-0.2, -0.15) is 13.2 Å². The van der Waals surface area contributed by atoms with E-state index >= 15 is 0 Å². The molecule has 0 N–H and O–H groups in total. The molecule has 1 saturated heterocycles. The van der Waals surface area contributed by atoms with Gasteiger partial charge in [-0.3, -0.25) is 9.69 Å². The predicted molar refractivity (Wildman–Crippen MR) is 116 cm³/mol. The van der Waals surface area contributed by atoms with Gasteiger partial charge in [-0.05, 0) is 29.8 Å². The van der Waals surface area contributed by atoms with Crippen molar-refractivity contribution in [3.05, 3.63) is 71.5 Å². The third kappa shape index (κ3) is 5.69. The van der Waals surface area contributed by atoms with Crippen LogP contribution in [0.3, 0.4) is 0 Å². The number of esters is 1. The Morgan fingerprint density at radius 3 is 2.58 bits per heavy atom. The van der Waals surface area contributed by atoms with Crippen molar-refractivity contribution >= 4 is 17.7 Å². The molecule has 0 bridgehead atoms. The third-order valence-corrected chi connectivity index (χ3v) is 6.27. The number of carbonyl (C=O) groups excluding carboxylic acids is 1. The van der Waals surface area contributed by atoms with Crippen LogP contribution in [0.2, 0.25) is 0 Å². The standard InChI is InChI=1S/C23H21F3N2O4S/c1-30-22(29)21-13-33-14-28(21)11-15-2-8-18(9-3-15)31-12-19-10-20(27-32-19)16-4-6-17(7-5-16)23(24,25)26/h2-10,21H,11-14H2,1H3. The van der Waals surface area contributed by atoms with Crippen LogP contribution < -0.4 is 4.74 Å². The van der Waals surface area contributed by atoms with Gasteiger partial charge < -0.3 is 14.0 Å². The molecule has 2 aromatic carbocycles. The van der Waals surface area contributed by atoms with Gasteiger partial charge in [0, 0.05) is 29.8 Å². The van der Waals surface area contributed by atoms with Crippen LogP contribution in [0.15, 0.2) is 59.1 Å². The number of hydrogen-bond donors (Lipinski definition) is 0. The Kier molecular flexibility index (Phi) is 6.94. The van der Waals surface area contributed by atoms with E-state index < -0.39 is 11.7 Å². The van der Waals surface area contributed by atoms with Crippen LogP contribution in [0.25, 0.3) is 11.3 Å². The molecular formula is C23H21F3N2O4S. The van der Waals surface area contributed by atoms with E-state index in [1.165, 1.54) is 19.2 Å². The number of nitrogens with zero attached hydrogens (tertiary/aromatic N) is 2. The fourth-order valence-corrected chi connectivity index (χ4v) is 4.59. The summed E-state index contributed by atoms with van der Waals surface area (Å²) in [5.41, 5.74) is 1.28. The third-order valence-electron chi connectivity index (χ3n) is 5.20. The Hall–Kier alpha value is -2.98. The smallest absolute Gasteiger partial charge is 0.416 e. The highest BCUT2D eigenvalue weighted by Crippen LogP contribution is 2.31. The van der Waals surface area contributed by atoms with Gasteiger partial charge in [0.15, 0.2) is 5.76 Å². The van der Waals surface area contributed by atoms with Gasteiger partial charge >= 0.3 is 12.1 Å². The maximum atomic E-state index is 12.7. The van der Waals surface area contributed by atoms with Crippen molar-refractivity contribution in [1.29, 1.82) is 0 Å². The zero-order chi connectivity index (χ0) is 23.4. The molecule has 1 aliphatic heterocycles. The van der Waals surface area contributed by atoms with Crippen LogP contribution in [0.1, 0.15) is 16.9 Å². The van der Waals surface area contributed by atoms with Crippen LogP contribution >= 0.6 is 11.8 Å². The van der Waals surface area contributed by atoms with E-state index in [2.05, 4.69) is 10.1 Å². The molecule has 1 unspecified atom stereocenters. The van der Waals surface area contributed by atoms with Crippen LogP contribution in [0, 0.1) is 0 Å². The highest BCUT2D eigenvalue weighted by Gasteiger charge is 2.32. The lowest BCUT2D eigenvalue weighted by Gasteiger charge is -2.21. The van der Waals surface area contributed by atoms with Crippen molar-refractivity contribution in [1.82, 2.24) is 10.1 Å². The van der Waals surface area contributed by atoms with E-state index in [0.717, 1.165) is 29.3 Å². The summed E-state index contributed by atoms with van der Waals surface area (Å²) in [4.78, 5) is 14.0. The van der Waals surface area contributed by atoms with Crippen LogP contribution in [0.5, 0.6) is 5.75 Å². The number of carbonyl (C=O) groups is 1. The molecule has 33 heavy (non-hydrogen) atoms. The number of hydrogen-bond acceptors (Lipinski definition) is 7. The predicted octanol–water partition coefficient (Wildman–Crippen LogP) is 4.99. The van der Waals surface area contributed by atoms with Crippen LogP contribution in [-0.2, 0) is 28.9 Å². The molecule has 2 heterocycles. The van der Waals surface area contributed by atoms with E-state index in [9.17, 15) is 18.0 Å². The summed E-state index contributed by atoms with van der Waals surface area (Å²) in [7, 11) is 1.40. The summed E-state index contributed by atoms with van der Waals surface area (Å²) >= 11 is 1.70. The van der Waals surface area contributed by atoms with Gasteiger partial charge in [0.25, 0.3) is 0 Å². The maximum absolute atomic E-state index is 12.7. The topological polar surface area (TPSA) is 64.8 Å². The number of thioether (sulfide) groups is 1. The Morgan fingerprint density at radius 2 is 1.91 bits per heavy atom. The van der Waals surface area contributed by atoms with Crippen LogP contribution in [-0.4, -0.2) is 40.8 Å². The Morgan fingerprint density at radius 1 is 1.18 bits per heavy atom. The second kappa shape index (κ2) is 9.88. The molecule has 0 spiro atoms. The fourth-order valence-electron chi connectivity index (χ4n) is 3.41. The van der Waals surface area contributed by atoms with Crippen molar-refractivity contribution in [3.63, 3.8) is 0 Å². The number of methoxy groups -OCH3 is 1. The largest absolute Gasteiger partial charge is 0.486 e. The minimum absolute atomic E-state index is 0.125. The van der Waals surface area contributed by atoms with Gasteiger partial charge in [-0.1, -0.05) is 29.4 Å². The van der Waals surface area contributed by atoms with Crippen molar-refractivity contribution in [2.75, 3.05) is 18.7 Å². The van der Waals surface area contributed by atoms with Crippen LogP contribution in [0.4, 0.5) is 13.2 Å². The van der Waals surface area contributed by atoms with Crippen molar-refractivity contribution in [3.8, 4) is 17.0 Å². The van der Waals surface area contributed by atoms with Gasteiger partial charge in [0.05, 0.1) is 12.7 Å². The molecule has 0 aliphatic carbocycles. The van der Waals surface area contributed by atoms with E-state index in [1.54, 1.807) is 17.8 Å². The fraction of sp³-hybridized carbons (Fsp3) is 0.304. The first-order valence-corrected chi connectivity index (χ1v) is 11.2. The lowest BCUT2D eigenvalue weighted by molar-refractivity contribution is -0.145. The molecule has 0 saturated carbocycles. The summed E-state index contributed by atoms with van der Waals surface area (Å²) in [6, 6.07) is 13.7. The first-order chi connectivity index (χ1) is 15.8. The van der Waals surface area contributed by atoms with E-state index in [0.29, 0.717) is 29.3 Å². The molecule has 10 heteroatoms. The Balaban J connectivity index is 1.32. The number of halogens is 3. The molecule has 3 aromatic rings. The molecule has 1 aromatic heterocycles. The summed E-state index contributed by atoms with van der Waals surface area (Å²) < 4.78 is 54.0. The average Bonchev–Trinajstić information content (AvgIpc) is 3.47. The Bertz CT molecular complexity index is 1080. The zero-order valence-electron chi connectivity index (χ0n) is 17.7. The molecule has 1 atom stereocenters. The summed E-state index contributed by atoms with van der Waals surface area (Å²) in [5, 5.41) is 3.91. The number of alkyl halides is 3. The highest BCUT2D eigenvalue weighted by atomic mass is 32.2. The summed E-state index contributed by atoms with van der Waals surface area (Å²) in [5.74, 6) is 2.35. The summed E-state index contributed by atoms with van der Waals surface area (Å²) in [6.07, 6.45) is -4.38. The second-order valence-electron chi connectivity index (χ2n) is 7.47. The van der Waals surface area contributed by atoms with Gasteiger partial charge in [0.1, 0.15) is 24.1 Å². The minimum Gasteiger partial charge on any atom is -0.486 e. The monoisotopic (exact) mass is 478 g/mol. The van der Waals surface area contributed by atoms with Crippen molar-refractivity contribution in [2.24, 2.45) is 0 Å². The lowest BCUT2D eigenvalue weighted by Crippen LogP contribution is -2.38. The molecular weight excluding hydrogens is 457 g/mol. The van der Waals surface area contributed by atoms with Crippen molar-refractivity contribution in [2.45, 2.75) is 25.4 Å². The quantitative estimate of drug-likeness (QED) is 0.444. The molecule has 174 valence electrons. The highest BCUT2D eigenvalue weighted by molar-refractivity contribution is 7.99. The van der Waals surface area contributed by atoms with E-state index in [-0.39, 0.29) is 18.6 Å².